The standard InChI is InChI=1S/C24H35FN6O5S/c1-16(15-35-2)27-9-4-12-37(33,34)31-10-7-18(8-11-31)29-24-28-14-20(23(26)30-24)22(32)19-13-17(25)5-6-21(19)36-3/h5-6,13-14,16,18,27H,4,7-12,15H2,1-3H3,(H3,26,28,29,30). The molecule has 4 N–H and O–H groups in total. The molecule has 204 valence electrons. The van der Waals surface area contributed by atoms with Gasteiger partial charge in [0.05, 0.1) is 30.6 Å². The Morgan fingerprint density at radius 2 is 2.00 bits per heavy atom. The minimum Gasteiger partial charge on any atom is -0.496 e. The van der Waals surface area contributed by atoms with Crippen LogP contribution in [0.1, 0.15) is 42.1 Å². The van der Waals surface area contributed by atoms with Gasteiger partial charge in [0.1, 0.15) is 17.4 Å². The Morgan fingerprint density at radius 1 is 1.27 bits per heavy atom. The number of sulfonamides is 1. The molecule has 2 heterocycles. The fourth-order valence-corrected chi connectivity index (χ4v) is 5.68. The topological polar surface area (TPSA) is 149 Å². The molecule has 0 radical (unpaired) electrons. The van der Waals surface area contributed by atoms with E-state index in [0.717, 1.165) is 6.07 Å². The van der Waals surface area contributed by atoms with E-state index in [1.54, 1.807) is 7.11 Å². The molecule has 13 heteroatoms. The van der Waals surface area contributed by atoms with Gasteiger partial charge < -0.3 is 25.8 Å². The second-order valence-corrected chi connectivity index (χ2v) is 11.1. The number of ketones is 1. The second-order valence-electron chi connectivity index (χ2n) is 8.96. The van der Waals surface area contributed by atoms with Crippen LogP contribution in [0.3, 0.4) is 0 Å². The fourth-order valence-electron chi connectivity index (χ4n) is 4.14. The van der Waals surface area contributed by atoms with E-state index < -0.39 is 21.6 Å². The largest absolute Gasteiger partial charge is 0.496 e. The third-order valence-corrected chi connectivity index (χ3v) is 8.09. The zero-order chi connectivity index (χ0) is 27.0. The van der Waals surface area contributed by atoms with Crippen LogP contribution >= 0.6 is 0 Å². The van der Waals surface area contributed by atoms with Crippen molar-refractivity contribution >= 4 is 27.6 Å². The summed E-state index contributed by atoms with van der Waals surface area (Å²) in [6.07, 6.45) is 2.96. The van der Waals surface area contributed by atoms with Crippen molar-refractivity contribution in [2.45, 2.75) is 38.3 Å². The van der Waals surface area contributed by atoms with Crippen LogP contribution in [0.15, 0.2) is 24.4 Å². The predicted octanol–water partition coefficient (Wildman–Crippen LogP) is 1.66. The smallest absolute Gasteiger partial charge is 0.224 e. The van der Waals surface area contributed by atoms with E-state index in [-0.39, 0.29) is 46.5 Å². The van der Waals surface area contributed by atoms with Gasteiger partial charge in [0.25, 0.3) is 0 Å². The van der Waals surface area contributed by atoms with Crippen LogP contribution < -0.4 is 21.1 Å². The van der Waals surface area contributed by atoms with Crippen LogP contribution in [0.2, 0.25) is 0 Å². The molecule has 0 amide bonds. The molecule has 1 unspecified atom stereocenters. The van der Waals surface area contributed by atoms with E-state index in [4.69, 9.17) is 15.2 Å². The van der Waals surface area contributed by atoms with E-state index in [1.165, 1.54) is 29.7 Å². The van der Waals surface area contributed by atoms with Crippen molar-refractivity contribution in [2.75, 3.05) is 57.3 Å². The quantitative estimate of drug-likeness (QED) is 0.254. The van der Waals surface area contributed by atoms with Crippen LogP contribution in [0.25, 0.3) is 0 Å². The SMILES string of the molecule is COCC(C)NCCCS(=O)(=O)N1CCC(Nc2ncc(C(=O)c3cc(F)ccc3OC)c(N)n2)CC1. The number of nitrogens with zero attached hydrogens (tertiary/aromatic N) is 3. The Morgan fingerprint density at radius 3 is 2.65 bits per heavy atom. The van der Waals surface area contributed by atoms with Gasteiger partial charge in [-0.25, -0.2) is 22.1 Å². The summed E-state index contributed by atoms with van der Waals surface area (Å²) in [6, 6.07) is 3.76. The number of aromatic nitrogens is 2. The summed E-state index contributed by atoms with van der Waals surface area (Å²) >= 11 is 0. The molecule has 1 aliphatic rings. The molecule has 37 heavy (non-hydrogen) atoms. The highest BCUT2D eigenvalue weighted by Crippen LogP contribution is 2.25. The summed E-state index contributed by atoms with van der Waals surface area (Å²) in [5.41, 5.74) is 6.07. The Hall–Kier alpha value is -2.87. The maximum atomic E-state index is 13.7. The molecule has 0 bridgehead atoms. The van der Waals surface area contributed by atoms with Gasteiger partial charge in [-0.15, -0.1) is 0 Å². The first-order chi connectivity index (χ1) is 17.6. The van der Waals surface area contributed by atoms with Crippen molar-refractivity contribution in [3.05, 3.63) is 41.3 Å². The summed E-state index contributed by atoms with van der Waals surface area (Å²) in [5, 5.41) is 6.41. The number of halogens is 1. The number of hydrogen-bond acceptors (Lipinski definition) is 10. The number of methoxy groups -OCH3 is 2. The lowest BCUT2D eigenvalue weighted by Gasteiger charge is -2.31. The summed E-state index contributed by atoms with van der Waals surface area (Å²) in [4.78, 5) is 21.3. The normalized spacial score (nSPS) is 15.9. The summed E-state index contributed by atoms with van der Waals surface area (Å²) in [7, 11) is -0.324. The van der Waals surface area contributed by atoms with Crippen LogP contribution in [0.4, 0.5) is 16.2 Å². The Bertz CT molecular complexity index is 1170. The molecule has 3 rings (SSSR count). The van der Waals surface area contributed by atoms with Gasteiger partial charge in [-0.3, -0.25) is 4.79 Å². The molecule has 1 saturated heterocycles. The van der Waals surface area contributed by atoms with Crippen molar-refractivity contribution in [1.82, 2.24) is 19.6 Å². The number of nitrogens with one attached hydrogen (secondary N) is 2. The molecule has 0 aliphatic carbocycles. The van der Waals surface area contributed by atoms with Gasteiger partial charge in [-0.2, -0.15) is 4.98 Å². The lowest BCUT2D eigenvalue weighted by molar-refractivity contribution is 0.103. The number of piperidine rings is 1. The Kier molecular flexibility index (Phi) is 10.1. The number of nitrogen functional groups attached to an aromatic ring is 1. The zero-order valence-corrected chi connectivity index (χ0v) is 22.2. The van der Waals surface area contributed by atoms with Crippen molar-refractivity contribution in [2.24, 2.45) is 0 Å². The molecule has 1 aliphatic heterocycles. The molecule has 11 nitrogen and oxygen atoms in total. The van der Waals surface area contributed by atoms with Gasteiger partial charge in [0.2, 0.25) is 21.8 Å². The second kappa shape index (κ2) is 13.1. The number of ether oxygens (including phenoxy) is 2. The molecule has 2 aromatic rings. The first-order valence-electron chi connectivity index (χ1n) is 12.1. The van der Waals surface area contributed by atoms with E-state index in [1.807, 2.05) is 6.92 Å². The summed E-state index contributed by atoms with van der Waals surface area (Å²) in [6.45, 7) is 3.94. The highest BCUT2D eigenvalue weighted by molar-refractivity contribution is 7.89. The number of carbonyl (C=O) groups excluding carboxylic acids is 1. The first-order valence-corrected chi connectivity index (χ1v) is 13.7. The van der Waals surface area contributed by atoms with Crippen LogP contribution in [0, 0.1) is 5.82 Å². The number of carbonyl (C=O) groups is 1. The van der Waals surface area contributed by atoms with Crippen LogP contribution in [-0.4, -0.2) is 86.8 Å². The summed E-state index contributed by atoms with van der Waals surface area (Å²) in [5.74, 6) is -0.652. The fraction of sp³-hybridized carbons (Fsp3) is 0.542. The molecule has 1 aromatic carbocycles. The minimum absolute atomic E-state index is 0.0207. The van der Waals surface area contributed by atoms with Gasteiger partial charge in [0.15, 0.2) is 0 Å². The number of nitrogens with two attached hydrogens (primary N) is 1. The maximum Gasteiger partial charge on any atom is 0.224 e. The van der Waals surface area contributed by atoms with E-state index in [9.17, 15) is 17.6 Å². The van der Waals surface area contributed by atoms with E-state index in [2.05, 4.69) is 20.6 Å². The van der Waals surface area contributed by atoms with Crippen molar-refractivity contribution in [3.8, 4) is 5.75 Å². The molecule has 1 aromatic heterocycles. The third kappa shape index (κ3) is 7.81. The molecule has 1 atom stereocenters. The zero-order valence-electron chi connectivity index (χ0n) is 21.4. The number of benzene rings is 1. The van der Waals surface area contributed by atoms with Gasteiger partial charge in [0, 0.05) is 38.5 Å². The van der Waals surface area contributed by atoms with E-state index >= 15 is 0 Å². The molecular formula is C24H35FN6O5S. The highest BCUT2D eigenvalue weighted by Gasteiger charge is 2.28. The average Bonchev–Trinajstić information content (AvgIpc) is 2.87. The molecule has 1 fully saturated rings. The number of anilines is 2. The third-order valence-electron chi connectivity index (χ3n) is 6.14. The van der Waals surface area contributed by atoms with Crippen LogP contribution in [-0.2, 0) is 14.8 Å². The molecule has 0 saturated carbocycles. The summed E-state index contributed by atoms with van der Waals surface area (Å²) < 4.78 is 50.8. The van der Waals surface area contributed by atoms with Gasteiger partial charge >= 0.3 is 0 Å². The Labute approximate surface area is 217 Å². The van der Waals surface area contributed by atoms with Crippen molar-refractivity contribution < 1.29 is 27.1 Å². The minimum atomic E-state index is -3.34. The van der Waals surface area contributed by atoms with Crippen molar-refractivity contribution in [1.29, 1.82) is 0 Å². The van der Waals surface area contributed by atoms with Gasteiger partial charge in [-0.1, -0.05) is 0 Å². The lowest BCUT2D eigenvalue weighted by Crippen LogP contribution is -2.43. The Balaban J connectivity index is 1.53. The number of hydrogen-bond donors (Lipinski definition) is 3. The lowest BCUT2D eigenvalue weighted by atomic mass is 10.0. The first kappa shape index (κ1) is 28.7. The maximum absolute atomic E-state index is 13.7. The molecular weight excluding hydrogens is 503 g/mol. The van der Waals surface area contributed by atoms with Gasteiger partial charge in [-0.05, 0) is 50.9 Å². The van der Waals surface area contributed by atoms with Crippen LogP contribution in [0.5, 0.6) is 5.75 Å². The molecule has 0 spiro atoms. The highest BCUT2D eigenvalue weighted by atomic mass is 32.2. The number of rotatable bonds is 13. The monoisotopic (exact) mass is 538 g/mol. The predicted molar refractivity (Wildman–Crippen MR) is 139 cm³/mol. The average molecular weight is 539 g/mol. The van der Waals surface area contributed by atoms with E-state index in [0.29, 0.717) is 45.5 Å². The van der Waals surface area contributed by atoms with Crippen molar-refractivity contribution in [3.63, 3.8) is 0 Å².